The van der Waals surface area contributed by atoms with E-state index in [1.165, 1.54) is 25.9 Å². The Labute approximate surface area is 169 Å². The molecule has 2 aromatic rings. The Kier molecular flexibility index (Phi) is 7.26. The van der Waals surface area contributed by atoms with Crippen LogP contribution < -0.4 is 5.32 Å². The number of piperidine rings is 1. The van der Waals surface area contributed by atoms with Crippen molar-refractivity contribution in [2.45, 2.75) is 52.9 Å². The molecule has 0 spiro atoms. The molecule has 3 rings (SSSR count). The highest BCUT2D eigenvalue weighted by Gasteiger charge is 2.16. The van der Waals surface area contributed by atoms with Crippen LogP contribution in [0.2, 0.25) is 0 Å². The molecule has 1 aromatic carbocycles. The smallest absolute Gasteiger partial charge is 0.224 e. The molecule has 1 aliphatic heterocycles. The molecule has 0 aliphatic carbocycles. The van der Waals surface area contributed by atoms with Crippen LogP contribution in [0.5, 0.6) is 0 Å². The molecule has 0 unspecified atom stereocenters. The molecular weight excluding hydrogens is 348 g/mol. The van der Waals surface area contributed by atoms with Crippen LogP contribution in [-0.2, 0) is 11.2 Å². The average Bonchev–Trinajstić information content (AvgIpc) is 2.98. The van der Waals surface area contributed by atoms with Gasteiger partial charge in [-0.2, -0.15) is 5.10 Å². The monoisotopic (exact) mass is 382 g/mol. The van der Waals surface area contributed by atoms with Crippen molar-refractivity contribution in [2.24, 2.45) is 5.92 Å². The standard InChI is InChI=1S/C23H34N4O/c1-18-11-15-26(16-12-18)14-8-7-13-24-23(28)17-22-19(2)25-27(20(22)3)21-9-5-4-6-10-21/h4-6,9-10,18H,7-8,11-17H2,1-3H3,(H,24,28). The fourth-order valence-electron chi connectivity index (χ4n) is 3.95. The maximum Gasteiger partial charge on any atom is 0.224 e. The first-order chi connectivity index (χ1) is 13.5. The zero-order valence-electron chi connectivity index (χ0n) is 17.6. The van der Waals surface area contributed by atoms with E-state index in [9.17, 15) is 4.79 Å². The average molecular weight is 383 g/mol. The van der Waals surface area contributed by atoms with Gasteiger partial charge in [0.15, 0.2) is 0 Å². The van der Waals surface area contributed by atoms with E-state index in [1.807, 2.05) is 48.9 Å². The molecule has 28 heavy (non-hydrogen) atoms. The highest BCUT2D eigenvalue weighted by atomic mass is 16.1. The molecule has 0 bridgehead atoms. The molecule has 1 saturated heterocycles. The molecule has 0 saturated carbocycles. The van der Waals surface area contributed by atoms with Gasteiger partial charge in [0.1, 0.15) is 0 Å². The third kappa shape index (κ3) is 5.44. The summed E-state index contributed by atoms with van der Waals surface area (Å²) < 4.78 is 1.93. The molecule has 1 aliphatic rings. The van der Waals surface area contributed by atoms with E-state index in [4.69, 9.17) is 0 Å². The van der Waals surface area contributed by atoms with Crippen molar-refractivity contribution < 1.29 is 4.79 Å². The number of benzene rings is 1. The van der Waals surface area contributed by atoms with Crippen molar-refractivity contribution in [2.75, 3.05) is 26.2 Å². The van der Waals surface area contributed by atoms with Gasteiger partial charge >= 0.3 is 0 Å². The summed E-state index contributed by atoms with van der Waals surface area (Å²) in [4.78, 5) is 15.0. The highest BCUT2D eigenvalue weighted by molar-refractivity contribution is 5.79. The first kappa shape index (κ1) is 20.6. The molecule has 0 radical (unpaired) electrons. The fraction of sp³-hybridized carbons (Fsp3) is 0.565. The van der Waals surface area contributed by atoms with E-state index in [-0.39, 0.29) is 5.91 Å². The number of unbranched alkanes of at least 4 members (excludes halogenated alkanes) is 1. The Balaban J connectivity index is 1.42. The van der Waals surface area contributed by atoms with Crippen molar-refractivity contribution in [1.82, 2.24) is 20.0 Å². The SMILES string of the molecule is Cc1nn(-c2ccccc2)c(C)c1CC(=O)NCCCCN1CCC(C)CC1. The van der Waals surface area contributed by atoms with Crippen LogP contribution in [0, 0.1) is 19.8 Å². The Morgan fingerprint density at radius 1 is 1.14 bits per heavy atom. The van der Waals surface area contributed by atoms with Gasteiger partial charge < -0.3 is 10.2 Å². The maximum absolute atomic E-state index is 12.4. The number of para-hydroxylation sites is 1. The zero-order chi connectivity index (χ0) is 19.9. The Bertz CT molecular complexity index is 760. The Morgan fingerprint density at radius 2 is 1.86 bits per heavy atom. The van der Waals surface area contributed by atoms with Gasteiger partial charge in [-0.15, -0.1) is 0 Å². The van der Waals surface area contributed by atoms with Crippen LogP contribution >= 0.6 is 0 Å². The van der Waals surface area contributed by atoms with Crippen molar-refractivity contribution in [3.8, 4) is 5.69 Å². The lowest BCUT2D eigenvalue weighted by Crippen LogP contribution is -2.34. The summed E-state index contributed by atoms with van der Waals surface area (Å²) in [6.45, 7) is 10.7. The summed E-state index contributed by atoms with van der Waals surface area (Å²) in [5, 5.41) is 7.72. The summed E-state index contributed by atoms with van der Waals surface area (Å²) in [7, 11) is 0. The first-order valence-corrected chi connectivity index (χ1v) is 10.6. The number of aromatic nitrogens is 2. The maximum atomic E-state index is 12.4. The van der Waals surface area contributed by atoms with Crippen molar-refractivity contribution in [3.05, 3.63) is 47.3 Å². The molecule has 5 heteroatoms. The van der Waals surface area contributed by atoms with Gasteiger partial charge in [-0.25, -0.2) is 4.68 Å². The van der Waals surface area contributed by atoms with E-state index >= 15 is 0 Å². The number of amides is 1. The molecule has 2 heterocycles. The number of hydrogen-bond donors (Lipinski definition) is 1. The van der Waals surface area contributed by atoms with E-state index in [2.05, 4.69) is 22.2 Å². The van der Waals surface area contributed by atoms with Gasteiger partial charge in [0.2, 0.25) is 5.91 Å². The Morgan fingerprint density at radius 3 is 2.57 bits per heavy atom. The van der Waals surface area contributed by atoms with Crippen molar-refractivity contribution in [1.29, 1.82) is 0 Å². The van der Waals surface area contributed by atoms with Crippen LogP contribution in [0.4, 0.5) is 0 Å². The second-order valence-corrected chi connectivity index (χ2v) is 8.15. The lowest BCUT2D eigenvalue weighted by Gasteiger charge is -2.30. The summed E-state index contributed by atoms with van der Waals surface area (Å²) in [6, 6.07) is 10.1. The summed E-state index contributed by atoms with van der Waals surface area (Å²) in [6.07, 6.45) is 5.24. The van der Waals surface area contributed by atoms with Crippen LogP contribution in [0.25, 0.3) is 5.69 Å². The third-order valence-electron chi connectivity index (χ3n) is 5.88. The van der Waals surface area contributed by atoms with E-state index < -0.39 is 0 Å². The van der Waals surface area contributed by atoms with Crippen LogP contribution in [0.1, 0.15) is 49.6 Å². The van der Waals surface area contributed by atoms with Gasteiger partial charge in [-0.3, -0.25) is 4.79 Å². The number of nitrogens with one attached hydrogen (secondary N) is 1. The number of nitrogens with zero attached hydrogens (tertiary/aromatic N) is 3. The topological polar surface area (TPSA) is 50.2 Å². The molecule has 1 amide bonds. The minimum atomic E-state index is 0.0885. The predicted octanol–water partition coefficient (Wildman–Crippen LogP) is 3.66. The molecule has 1 N–H and O–H groups in total. The fourth-order valence-corrected chi connectivity index (χ4v) is 3.95. The second-order valence-electron chi connectivity index (χ2n) is 8.15. The van der Waals surface area contributed by atoms with E-state index in [0.29, 0.717) is 6.42 Å². The molecule has 152 valence electrons. The minimum absolute atomic E-state index is 0.0885. The number of likely N-dealkylation sites (tertiary alicyclic amines) is 1. The van der Waals surface area contributed by atoms with Crippen LogP contribution in [0.15, 0.2) is 30.3 Å². The molecule has 5 nitrogen and oxygen atoms in total. The summed E-state index contributed by atoms with van der Waals surface area (Å²) in [5.74, 6) is 0.972. The van der Waals surface area contributed by atoms with Crippen molar-refractivity contribution >= 4 is 5.91 Å². The number of rotatable bonds is 8. The van der Waals surface area contributed by atoms with Gasteiger partial charge in [0, 0.05) is 17.8 Å². The number of carbonyl (C=O) groups is 1. The lowest BCUT2D eigenvalue weighted by atomic mass is 9.99. The normalized spacial score (nSPS) is 15.7. The van der Waals surface area contributed by atoms with Gasteiger partial charge in [0.05, 0.1) is 17.8 Å². The molecule has 0 atom stereocenters. The quantitative estimate of drug-likeness (QED) is 0.709. The lowest BCUT2D eigenvalue weighted by molar-refractivity contribution is -0.120. The largest absolute Gasteiger partial charge is 0.356 e. The number of hydrogen-bond acceptors (Lipinski definition) is 3. The molecular formula is C23H34N4O. The van der Waals surface area contributed by atoms with Gasteiger partial charge in [-0.1, -0.05) is 25.1 Å². The van der Waals surface area contributed by atoms with Gasteiger partial charge in [0.25, 0.3) is 0 Å². The zero-order valence-corrected chi connectivity index (χ0v) is 17.6. The van der Waals surface area contributed by atoms with Crippen molar-refractivity contribution in [3.63, 3.8) is 0 Å². The minimum Gasteiger partial charge on any atom is -0.356 e. The third-order valence-corrected chi connectivity index (χ3v) is 5.88. The highest BCUT2D eigenvalue weighted by Crippen LogP contribution is 2.18. The predicted molar refractivity (Wildman–Crippen MR) is 114 cm³/mol. The Hall–Kier alpha value is -2.14. The first-order valence-electron chi connectivity index (χ1n) is 10.6. The van der Waals surface area contributed by atoms with Gasteiger partial charge in [-0.05, 0) is 77.2 Å². The van der Waals surface area contributed by atoms with Crippen LogP contribution in [0.3, 0.4) is 0 Å². The molecule has 1 aromatic heterocycles. The van der Waals surface area contributed by atoms with Crippen LogP contribution in [-0.4, -0.2) is 46.8 Å². The second kappa shape index (κ2) is 9.87. The summed E-state index contributed by atoms with van der Waals surface area (Å²) >= 11 is 0. The van der Waals surface area contributed by atoms with E-state index in [1.54, 1.807) is 0 Å². The number of carbonyl (C=O) groups excluding carboxylic acids is 1. The summed E-state index contributed by atoms with van der Waals surface area (Å²) in [5.41, 5.74) is 4.03. The molecule has 1 fully saturated rings. The van der Waals surface area contributed by atoms with E-state index in [0.717, 1.165) is 54.5 Å². The number of aryl methyl sites for hydroxylation is 1.